The third-order valence-electron chi connectivity index (χ3n) is 7.65. The molecule has 1 aliphatic carbocycles. The highest BCUT2D eigenvalue weighted by atomic mass is 35.5. The van der Waals surface area contributed by atoms with Gasteiger partial charge >= 0.3 is 0 Å². The van der Waals surface area contributed by atoms with E-state index in [1.807, 2.05) is 54.0 Å². The molecule has 0 spiro atoms. The van der Waals surface area contributed by atoms with Crippen LogP contribution in [-0.2, 0) is 10.0 Å². The fourth-order valence-corrected chi connectivity index (χ4v) is 7.09. The van der Waals surface area contributed by atoms with Crippen molar-refractivity contribution in [3.05, 3.63) is 77.1 Å². The van der Waals surface area contributed by atoms with Crippen molar-refractivity contribution in [3.8, 4) is 16.9 Å². The molecule has 11 heteroatoms. The Hall–Kier alpha value is -3.60. The van der Waals surface area contributed by atoms with E-state index < -0.39 is 10.0 Å². The first-order chi connectivity index (χ1) is 20.2. The number of aromatic nitrogens is 2. The number of nitrogens with two attached hydrogens (primary N) is 1. The molecule has 4 aromatic rings. The molecule has 0 amide bonds. The number of hydrogen-bond donors (Lipinski definition) is 3. The first kappa shape index (κ1) is 29.9. The first-order valence-corrected chi connectivity index (χ1v) is 16.2. The van der Waals surface area contributed by atoms with Crippen molar-refractivity contribution in [3.63, 3.8) is 0 Å². The molecule has 2 aromatic carbocycles. The average Bonchev–Trinajstić information content (AvgIpc) is 3.39. The van der Waals surface area contributed by atoms with Crippen molar-refractivity contribution in [2.45, 2.75) is 58.0 Å². The Morgan fingerprint density at radius 1 is 1.14 bits per heavy atom. The minimum Gasteiger partial charge on any atom is -0.497 e. The van der Waals surface area contributed by atoms with Gasteiger partial charge in [-0.05, 0) is 80.5 Å². The molecule has 0 atom stereocenters. The van der Waals surface area contributed by atoms with E-state index in [1.165, 1.54) is 0 Å². The molecule has 1 saturated carbocycles. The minimum atomic E-state index is -3.25. The van der Waals surface area contributed by atoms with Gasteiger partial charge in [0.15, 0.2) is 0 Å². The summed E-state index contributed by atoms with van der Waals surface area (Å²) in [5.41, 5.74) is 12.7. The van der Waals surface area contributed by atoms with Crippen LogP contribution in [0.25, 0.3) is 16.6 Å². The monoisotopic (exact) mass is 608 g/mol. The summed E-state index contributed by atoms with van der Waals surface area (Å²) >= 11 is 6.38. The number of aryl methyl sites for hydroxylation is 1. The van der Waals surface area contributed by atoms with Gasteiger partial charge in [0, 0.05) is 23.8 Å². The van der Waals surface area contributed by atoms with Gasteiger partial charge in [-0.15, -0.1) is 0 Å². The highest BCUT2D eigenvalue weighted by molar-refractivity contribution is 7.89. The second-order valence-corrected chi connectivity index (χ2v) is 13.0. The molecule has 2 aromatic heterocycles. The number of halogens is 1. The van der Waals surface area contributed by atoms with Crippen LogP contribution in [0.2, 0.25) is 5.02 Å². The van der Waals surface area contributed by atoms with Crippen molar-refractivity contribution in [2.24, 2.45) is 10.7 Å². The molecule has 0 bridgehead atoms. The van der Waals surface area contributed by atoms with Crippen molar-refractivity contribution < 1.29 is 13.2 Å². The molecular weight excluding hydrogens is 572 g/mol. The van der Waals surface area contributed by atoms with E-state index >= 15 is 0 Å². The van der Waals surface area contributed by atoms with E-state index in [9.17, 15) is 8.42 Å². The number of para-hydroxylation sites is 1. The Kier molecular flexibility index (Phi) is 9.05. The zero-order valence-corrected chi connectivity index (χ0v) is 25.7. The van der Waals surface area contributed by atoms with Crippen LogP contribution >= 0.6 is 11.6 Å². The number of fused-ring (bicyclic) bond motifs is 1. The van der Waals surface area contributed by atoms with Crippen molar-refractivity contribution in [1.82, 2.24) is 14.3 Å². The van der Waals surface area contributed by atoms with E-state index in [0.29, 0.717) is 28.5 Å². The van der Waals surface area contributed by atoms with Crippen LogP contribution in [0.15, 0.2) is 65.9 Å². The Balaban J connectivity index is 1.50. The standard InChI is InChI=1S/C31H37ClN6O3S/c1-4-15-42(39,40)37-23-11-9-22(10-12-23)35-30-26(31(33)36-28-8-6-5-7-27(28)32)18-34-38-19-21(17-29(30)38)25-14-13-24(41-3)16-20(25)2/h5-8,13-14,16-19,22-23,35,37H,4,9-12,15H2,1-3H3,(H2,33,36)/t22-,23-. The minimum absolute atomic E-state index is 0.0543. The van der Waals surface area contributed by atoms with Crippen LogP contribution in [-0.4, -0.2) is 48.8 Å². The third kappa shape index (κ3) is 6.72. The van der Waals surface area contributed by atoms with Crippen LogP contribution in [0.4, 0.5) is 11.4 Å². The zero-order valence-electron chi connectivity index (χ0n) is 24.1. The van der Waals surface area contributed by atoms with E-state index in [0.717, 1.165) is 59.3 Å². The molecule has 222 valence electrons. The predicted molar refractivity (Wildman–Crippen MR) is 171 cm³/mol. The predicted octanol–water partition coefficient (Wildman–Crippen LogP) is 6.06. The fourth-order valence-electron chi connectivity index (χ4n) is 5.51. The number of nitrogens with one attached hydrogen (secondary N) is 2. The van der Waals surface area contributed by atoms with Crippen LogP contribution in [0.1, 0.15) is 50.2 Å². The Labute approximate surface area is 252 Å². The number of anilines is 1. The molecule has 2 heterocycles. The second kappa shape index (κ2) is 12.7. The molecule has 1 aliphatic rings. The van der Waals surface area contributed by atoms with Gasteiger partial charge in [0.25, 0.3) is 0 Å². The number of hydrogen-bond acceptors (Lipinski definition) is 6. The number of benzene rings is 2. The Morgan fingerprint density at radius 3 is 2.57 bits per heavy atom. The summed E-state index contributed by atoms with van der Waals surface area (Å²) in [4.78, 5) is 4.64. The average molecular weight is 609 g/mol. The number of rotatable bonds is 10. The summed E-state index contributed by atoms with van der Waals surface area (Å²) in [7, 11) is -1.59. The van der Waals surface area contributed by atoms with Gasteiger partial charge in [-0.2, -0.15) is 5.10 Å². The van der Waals surface area contributed by atoms with Gasteiger partial charge in [-0.25, -0.2) is 22.6 Å². The van der Waals surface area contributed by atoms with Gasteiger partial charge in [0.2, 0.25) is 10.0 Å². The number of methoxy groups -OCH3 is 1. The molecule has 0 saturated heterocycles. The van der Waals surface area contributed by atoms with E-state index in [2.05, 4.69) is 33.1 Å². The van der Waals surface area contributed by atoms with Crippen molar-refractivity contribution >= 4 is 44.4 Å². The Bertz CT molecular complexity index is 1710. The number of nitrogens with zero attached hydrogens (tertiary/aromatic N) is 3. The molecule has 5 rings (SSSR count). The largest absolute Gasteiger partial charge is 0.497 e. The quantitative estimate of drug-likeness (QED) is 0.148. The second-order valence-electron chi connectivity index (χ2n) is 10.8. The summed E-state index contributed by atoms with van der Waals surface area (Å²) in [5, 5.41) is 8.92. The molecule has 0 aliphatic heterocycles. The number of sulfonamides is 1. The lowest BCUT2D eigenvalue weighted by atomic mass is 9.91. The lowest BCUT2D eigenvalue weighted by molar-refractivity contribution is 0.387. The summed E-state index contributed by atoms with van der Waals surface area (Å²) in [6, 6.07) is 15.5. The summed E-state index contributed by atoms with van der Waals surface area (Å²) in [5.74, 6) is 1.25. The van der Waals surface area contributed by atoms with Crippen molar-refractivity contribution in [1.29, 1.82) is 0 Å². The van der Waals surface area contributed by atoms with Crippen LogP contribution in [0, 0.1) is 6.92 Å². The molecule has 0 unspecified atom stereocenters. The van der Waals surface area contributed by atoms with E-state index in [4.69, 9.17) is 22.1 Å². The van der Waals surface area contributed by atoms with Gasteiger partial charge in [0.05, 0.1) is 46.5 Å². The Morgan fingerprint density at radius 2 is 1.88 bits per heavy atom. The summed E-state index contributed by atoms with van der Waals surface area (Å²) in [6.07, 6.45) is 7.43. The number of aliphatic imine (C=N–C) groups is 1. The van der Waals surface area contributed by atoms with Crippen molar-refractivity contribution in [2.75, 3.05) is 18.2 Å². The topological polar surface area (TPSA) is 123 Å². The summed E-state index contributed by atoms with van der Waals surface area (Å²) < 4.78 is 34.7. The third-order valence-corrected chi connectivity index (χ3v) is 9.60. The number of ether oxygens (including phenoxy) is 1. The number of amidine groups is 1. The maximum Gasteiger partial charge on any atom is 0.211 e. The maximum absolute atomic E-state index is 12.3. The van der Waals surface area contributed by atoms with Gasteiger partial charge in [0.1, 0.15) is 11.6 Å². The van der Waals surface area contributed by atoms with Gasteiger partial charge in [-0.3, -0.25) is 0 Å². The fraction of sp³-hybridized carbons (Fsp3) is 0.355. The maximum atomic E-state index is 12.3. The highest BCUT2D eigenvalue weighted by Gasteiger charge is 2.26. The first-order valence-electron chi connectivity index (χ1n) is 14.2. The molecule has 9 nitrogen and oxygen atoms in total. The van der Waals surface area contributed by atoms with Crippen LogP contribution < -0.4 is 20.5 Å². The molecule has 0 radical (unpaired) electrons. The molecule has 1 fully saturated rings. The van der Waals surface area contributed by atoms with E-state index in [1.54, 1.807) is 19.4 Å². The zero-order chi connectivity index (χ0) is 29.9. The SMILES string of the molecule is CCCS(=O)(=O)N[C@H]1CC[C@H](Nc2c(/C(N)=N/c3ccccc3Cl)cnn3cc(-c4ccc(OC)cc4C)cc23)CC1. The van der Waals surface area contributed by atoms with E-state index in [-0.39, 0.29) is 17.8 Å². The smallest absolute Gasteiger partial charge is 0.211 e. The lowest BCUT2D eigenvalue weighted by Crippen LogP contribution is -2.41. The van der Waals surface area contributed by atoms with Crippen LogP contribution in [0.3, 0.4) is 0 Å². The van der Waals surface area contributed by atoms with Gasteiger partial charge in [-0.1, -0.05) is 36.7 Å². The van der Waals surface area contributed by atoms with Gasteiger partial charge < -0.3 is 15.8 Å². The highest BCUT2D eigenvalue weighted by Crippen LogP contribution is 2.34. The van der Waals surface area contributed by atoms with Crippen LogP contribution in [0.5, 0.6) is 5.75 Å². The summed E-state index contributed by atoms with van der Waals surface area (Å²) in [6.45, 7) is 3.93. The molecule has 42 heavy (non-hydrogen) atoms. The molecule has 4 N–H and O–H groups in total. The molecular formula is C31H37ClN6O3S. The normalized spacial score (nSPS) is 17.9. The lowest BCUT2D eigenvalue weighted by Gasteiger charge is -2.30.